The van der Waals surface area contributed by atoms with Crippen LogP contribution in [0.5, 0.6) is 0 Å². The summed E-state index contributed by atoms with van der Waals surface area (Å²) in [7, 11) is 0. The number of pyridine rings is 1. The Balaban J connectivity index is 2.43. The highest BCUT2D eigenvalue weighted by molar-refractivity contribution is 7.17. The molecule has 0 atom stereocenters. The molecule has 0 aromatic carbocycles. The highest BCUT2D eigenvalue weighted by Gasteiger charge is 2.13. The number of anilines is 1. The van der Waals surface area contributed by atoms with Gasteiger partial charge in [-0.25, -0.2) is 4.98 Å². The van der Waals surface area contributed by atoms with E-state index in [4.69, 9.17) is 5.11 Å². The summed E-state index contributed by atoms with van der Waals surface area (Å²) in [5.41, 5.74) is 0. The number of hydrogen-bond acceptors (Lipinski definition) is 4. The number of nitrogens with zero attached hydrogens (tertiary/aromatic N) is 2. The van der Waals surface area contributed by atoms with Crippen molar-refractivity contribution < 1.29 is 9.90 Å². The summed E-state index contributed by atoms with van der Waals surface area (Å²) in [5.74, 6) is -0.0838. The maximum Gasteiger partial charge on any atom is 0.323 e. The maximum absolute atomic E-state index is 10.7. The van der Waals surface area contributed by atoms with Crippen LogP contribution in [0.25, 0.3) is 10.1 Å². The van der Waals surface area contributed by atoms with E-state index in [9.17, 15) is 4.79 Å². The molecule has 0 saturated carbocycles. The number of aromatic nitrogens is 1. The van der Waals surface area contributed by atoms with Gasteiger partial charge in [0.25, 0.3) is 0 Å². The number of rotatable bonds is 4. The third-order valence-corrected chi connectivity index (χ3v) is 3.25. The molecule has 1 N–H and O–H groups in total. The molecule has 4 nitrogen and oxygen atoms in total. The van der Waals surface area contributed by atoms with E-state index in [0.29, 0.717) is 6.54 Å². The van der Waals surface area contributed by atoms with Crippen molar-refractivity contribution in [3.63, 3.8) is 0 Å². The maximum atomic E-state index is 10.7. The highest BCUT2D eigenvalue weighted by atomic mass is 32.1. The molecule has 2 heterocycles. The van der Waals surface area contributed by atoms with Crippen molar-refractivity contribution in [3.05, 3.63) is 23.7 Å². The van der Waals surface area contributed by atoms with Crippen LogP contribution in [0, 0.1) is 0 Å². The second-order valence-electron chi connectivity index (χ2n) is 3.37. The van der Waals surface area contributed by atoms with E-state index in [2.05, 4.69) is 4.98 Å². The van der Waals surface area contributed by atoms with Crippen molar-refractivity contribution in [2.75, 3.05) is 18.0 Å². The topological polar surface area (TPSA) is 53.4 Å². The van der Waals surface area contributed by atoms with Crippen LogP contribution in [0.3, 0.4) is 0 Å². The van der Waals surface area contributed by atoms with Crippen LogP contribution in [0.15, 0.2) is 23.7 Å². The first kappa shape index (κ1) is 10.9. The lowest BCUT2D eigenvalue weighted by molar-refractivity contribution is -0.135. The molecule has 0 aliphatic rings. The Kier molecular flexibility index (Phi) is 3.05. The van der Waals surface area contributed by atoms with E-state index in [1.165, 1.54) is 0 Å². The van der Waals surface area contributed by atoms with Gasteiger partial charge in [-0.05, 0) is 24.4 Å². The zero-order valence-electron chi connectivity index (χ0n) is 8.88. The minimum atomic E-state index is -0.837. The van der Waals surface area contributed by atoms with Crippen molar-refractivity contribution in [3.8, 4) is 0 Å². The van der Waals surface area contributed by atoms with Crippen molar-refractivity contribution in [2.45, 2.75) is 6.92 Å². The Morgan fingerprint density at radius 2 is 2.38 bits per heavy atom. The summed E-state index contributed by atoms with van der Waals surface area (Å²) in [6.45, 7) is 2.54. The Morgan fingerprint density at radius 3 is 3.06 bits per heavy atom. The van der Waals surface area contributed by atoms with E-state index in [1.54, 1.807) is 22.4 Å². The van der Waals surface area contributed by atoms with E-state index >= 15 is 0 Å². The van der Waals surface area contributed by atoms with Crippen LogP contribution in [0.2, 0.25) is 0 Å². The fraction of sp³-hybridized carbons (Fsp3) is 0.273. The molecule has 2 rings (SSSR count). The zero-order valence-corrected chi connectivity index (χ0v) is 9.70. The number of fused-ring (bicyclic) bond motifs is 1. The first-order chi connectivity index (χ1) is 7.72. The SMILES string of the molecule is CCN(CC(=O)O)c1nccc2sccc12. The number of likely N-dealkylation sites (N-methyl/N-ethyl adjacent to an activating group) is 1. The van der Waals surface area contributed by atoms with Gasteiger partial charge in [-0.1, -0.05) is 0 Å². The molecule has 0 aliphatic heterocycles. The summed E-state index contributed by atoms with van der Waals surface area (Å²) in [4.78, 5) is 16.8. The number of thiophene rings is 1. The molecule has 2 aromatic rings. The van der Waals surface area contributed by atoms with Crippen LogP contribution in [0.1, 0.15) is 6.92 Å². The van der Waals surface area contributed by atoms with Crippen LogP contribution >= 0.6 is 11.3 Å². The smallest absolute Gasteiger partial charge is 0.323 e. The molecule has 2 aromatic heterocycles. The first-order valence-electron chi connectivity index (χ1n) is 5.01. The molecular weight excluding hydrogens is 224 g/mol. The van der Waals surface area contributed by atoms with Gasteiger partial charge in [-0.3, -0.25) is 4.79 Å². The third kappa shape index (κ3) is 1.99. The number of carboxylic acids is 1. The monoisotopic (exact) mass is 236 g/mol. The van der Waals surface area contributed by atoms with Crippen molar-refractivity contribution in [2.24, 2.45) is 0 Å². The predicted molar refractivity (Wildman–Crippen MR) is 65.1 cm³/mol. The number of hydrogen-bond donors (Lipinski definition) is 1. The van der Waals surface area contributed by atoms with Gasteiger partial charge in [-0.2, -0.15) is 0 Å². The lowest BCUT2D eigenvalue weighted by atomic mass is 10.3. The standard InChI is InChI=1S/C11H12N2O2S/c1-2-13(7-10(14)15)11-8-4-6-16-9(8)3-5-12-11/h3-6H,2,7H2,1H3,(H,14,15). The van der Waals surface area contributed by atoms with Gasteiger partial charge in [0, 0.05) is 22.8 Å². The Labute approximate surface area is 97.1 Å². The molecule has 0 amide bonds. The summed E-state index contributed by atoms with van der Waals surface area (Å²) in [5, 5.41) is 11.8. The Morgan fingerprint density at radius 1 is 1.56 bits per heavy atom. The fourth-order valence-electron chi connectivity index (χ4n) is 1.63. The van der Waals surface area contributed by atoms with E-state index in [1.807, 2.05) is 24.4 Å². The lowest BCUT2D eigenvalue weighted by Gasteiger charge is -2.20. The summed E-state index contributed by atoms with van der Waals surface area (Å²) >= 11 is 1.63. The van der Waals surface area contributed by atoms with Crippen molar-refractivity contribution in [1.29, 1.82) is 0 Å². The molecule has 0 aliphatic carbocycles. The second-order valence-corrected chi connectivity index (χ2v) is 4.32. The molecule has 0 fully saturated rings. The van der Waals surface area contributed by atoms with Crippen LogP contribution in [0.4, 0.5) is 5.82 Å². The average molecular weight is 236 g/mol. The predicted octanol–water partition coefficient (Wildman–Crippen LogP) is 2.21. The highest BCUT2D eigenvalue weighted by Crippen LogP contribution is 2.28. The van der Waals surface area contributed by atoms with Crippen LogP contribution in [-0.4, -0.2) is 29.1 Å². The van der Waals surface area contributed by atoms with Crippen molar-refractivity contribution >= 4 is 33.2 Å². The quantitative estimate of drug-likeness (QED) is 0.884. The second kappa shape index (κ2) is 4.49. The molecule has 0 unspecified atom stereocenters. The molecule has 84 valence electrons. The molecule has 5 heteroatoms. The normalized spacial score (nSPS) is 10.6. The Bertz CT molecular complexity index is 509. The van der Waals surface area contributed by atoms with Crippen molar-refractivity contribution in [1.82, 2.24) is 4.98 Å². The van der Waals surface area contributed by atoms with Gasteiger partial charge in [0.15, 0.2) is 0 Å². The van der Waals surface area contributed by atoms with Gasteiger partial charge in [0.05, 0.1) is 0 Å². The van der Waals surface area contributed by atoms with E-state index in [-0.39, 0.29) is 6.54 Å². The van der Waals surface area contributed by atoms with Gasteiger partial charge >= 0.3 is 5.97 Å². The van der Waals surface area contributed by atoms with Gasteiger partial charge < -0.3 is 10.0 Å². The lowest BCUT2D eigenvalue weighted by Crippen LogP contribution is -2.30. The summed E-state index contributed by atoms with van der Waals surface area (Å²) < 4.78 is 1.13. The molecule has 0 bridgehead atoms. The minimum Gasteiger partial charge on any atom is -0.480 e. The van der Waals surface area contributed by atoms with Crippen LogP contribution in [-0.2, 0) is 4.79 Å². The fourth-order valence-corrected chi connectivity index (χ4v) is 2.41. The van der Waals surface area contributed by atoms with Gasteiger partial charge in [0.1, 0.15) is 12.4 Å². The minimum absolute atomic E-state index is 0.0154. The molecule has 0 radical (unpaired) electrons. The first-order valence-corrected chi connectivity index (χ1v) is 5.89. The largest absolute Gasteiger partial charge is 0.480 e. The van der Waals surface area contributed by atoms with Gasteiger partial charge in [-0.15, -0.1) is 11.3 Å². The number of aliphatic carboxylic acids is 1. The number of carboxylic acid groups (broad SMARTS) is 1. The molecule has 0 saturated heterocycles. The molecule has 16 heavy (non-hydrogen) atoms. The molecular formula is C11H12N2O2S. The number of carbonyl (C=O) groups is 1. The zero-order chi connectivity index (χ0) is 11.5. The van der Waals surface area contributed by atoms with E-state index < -0.39 is 5.97 Å². The van der Waals surface area contributed by atoms with Crippen LogP contribution < -0.4 is 4.90 Å². The van der Waals surface area contributed by atoms with E-state index in [0.717, 1.165) is 15.9 Å². The molecule has 0 spiro atoms. The average Bonchev–Trinajstić information content (AvgIpc) is 2.73. The van der Waals surface area contributed by atoms with Gasteiger partial charge in [0.2, 0.25) is 0 Å². The Hall–Kier alpha value is -1.62. The third-order valence-electron chi connectivity index (χ3n) is 2.37. The summed E-state index contributed by atoms with van der Waals surface area (Å²) in [6.07, 6.45) is 1.72. The summed E-state index contributed by atoms with van der Waals surface area (Å²) in [6, 6.07) is 3.92.